The van der Waals surface area contributed by atoms with Gasteiger partial charge in [0.15, 0.2) is 0 Å². The number of hydrogen-bond acceptors (Lipinski definition) is 1. The van der Waals surface area contributed by atoms with E-state index in [2.05, 4.69) is 22.0 Å². The fourth-order valence-electron chi connectivity index (χ4n) is 2.18. The highest BCUT2D eigenvalue weighted by Crippen LogP contribution is 2.37. The number of rotatable bonds is 1. The van der Waals surface area contributed by atoms with Crippen LogP contribution in [0.15, 0.2) is 16.6 Å². The summed E-state index contributed by atoms with van der Waals surface area (Å²) in [5.74, 6) is 0.494. The Kier molecular flexibility index (Phi) is 3.15. The molecule has 1 aromatic rings. The maximum Gasteiger partial charge on any atom is 0.0420 e. The first-order valence-electron chi connectivity index (χ1n) is 4.90. The number of benzene rings is 1. The molecule has 1 aliphatic rings. The Morgan fingerprint density at radius 3 is 3.00 bits per heavy atom. The van der Waals surface area contributed by atoms with Crippen molar-refractivity contribution in [1.82, 2.24) is 0 Å². The monoisotopic (exact) mass is 273 g/mol. The zero-order valence-corrected chi connectivity index (χ0v) is 10.2. The molecule has 14 heavy (non-hydrogen) atoms. The van der Waals surface area contributed by atoms with Gasteiger partial charge in [0, 0.05) is 9.50 Å². The van der Waals surface area contributed by atoms with E-state index in [4.69, 9.17) is 17.3 Å². The van der Waals surface area contributed by atoms with E-state index in [1.807, 2.05) is 6.07 Å². The summed E-state index contributed by atoms with van der Waals surface area (Å²) >= 11 is 9.60. The van der Waals surface area contributed by atoms with Crippen molar-refractivity contribution in [2.75, 3.05) is 6.54 Å². The van der Waals surface area contributed by atoms with E-state index >= 15 is 0 Å². The van der Waals surface area contributed by atoms with Gasteiger partial charge in [-0.3, -0.25) is 0 Å². The standard InChI is InChI=1S/C11H13BrClN/c12-11-5-8(13)4-10-7(6-14)2-1-3-9(10)11/h4-5,7H,1-3,6,14H2. The zero-order chi connectivity index (χ0) is 10.1. The molecule has 2 rings (SSSR count). The second kappa shape index (κ2) is 4.21. The molecule has 0 saturated heterocycles. The van der Waals surface area contributed by atoms with Crippen molar-refractivity contribution in [2.45, 2.75) is 25.2 Å². The molecule has 0 spiro atoms. The summed E-state index contributed by atoms with van der Waals surface area (Å²) in [6.45, 7) is 0.722. The van der Waals surface area contributed by atoms with Crippen LogP contribution in [0.3, 0.4) is 0 Å². The Hall–Kier alpha value is -0.0500. The second-order valence-electron chi connectivity index (χ2n) is 3.78. The molecule has 2 N–H and O–H groups in total. The number of nitrogens with two attached hydrogens (primary N) is 1. The van der Waals surface area contributed by atoms with Crippen molar-refractivity contribution in [3.8, 4) is 0 Å². The van der Waals surface area contributed by atoms with E-state index in [9.17, 15) is 0 Å². The van der Waals surface area contributed by atoms with Crippen LogP contribution in [0.1, 0.15) is 29.9 Å². The van der Waals surface area contributed by atoms with Crippen molar-refractivity contribution in [2.24, 2.45) is 5.73 Å². The molecule has 0 bridgehead atoms. The molecule has 1 nitrogen and oxygen atoms in total. The Morgan fingerprint density at radius 2 is 2.29 bits per heavy atom. The van der Waals surface area contributed by atoms with E-state index in [-0.39, 0.29) is 0 Å². The van der Waals surface area contributed by atoms with Crippen LogP contribution in [0.5, 0.6) is 0 Å². The Morgan fingerprint density at radius 1 is 1.50 bits per heavy atom. The molecule has 0 amide bonds. The fraction of sp³-hybridized carbons (Fsp3) is 0.455. The Balaban J connectivity index is 2.51. The van der Waals surface area contributed by atoms with Crippen LogP contribution >= 0.6 is 27.5 Å². The zero-order valence-electron chi connectivity index (χ0n) is 7.89. The number of halogens is 2. The largest absolute Gasteiger partial charge is 0.330 e. The summed E-state index contributed by atoms with van der Waals surface area (Å²) in [6, 6.07) is 4.04. The number of hydrogen-bond donors (Lipinski definition) is 1. The van der Waals surface area contributed by atoms with Crippen LogP contribution < -0.4 is 5.73 Å². The third-order valence-electron chi connectivity index (χ3n) is 2.90. The van der Waals surface area contributed by atoms with Gasteiger partial charge in [-0.1, -0.05) is 27.5 Å². The predicted octanol–water partition coefficient (Wildman–Crippen LogP) is 3.48. The van der Waals surface area contributed by atoms with Crippen LogP contribution in [0, 0.1) is 0 Å². The minimum atomic E-state index is 0.494. The first-order valence-corrected chi connectivity index (χ1v) is 6.07. The summed E-state index contributed by atoms with van der Waals surface area (Å²) in [6.07, 6.45) is 3.56. The first kappa shape index (κ1) is 10.5. The molecule has 0 aliphatic heterocycles. The van der Waals surface area contributed by atoms with Crippen LogP contribution in [-0.4, -0.2) is 6.54 Å². The molecule has 76 valence electrons. The van der Waals surface area contributed by atoms with Crippen molar-refractivity contribution in [3.63, 3.8) is 0 Å². The van der Waals surface area contributed by atoms with Gasteiger partial charge in [-0.2, -0.15) is 0 Å². The molecule has 0 saturated carbocycles. The van der Waals surface area contributed by atoms with E-state index in [1.165, 1.54) is 24.0 Å². The highest BCUT2D eigenvalue weighted by Gasteiger charge is 2.21. The normalized spacial score (nSPS) is 20.6. The highest BCUT2D eigenvalue weighted by molar-refractivity contribution is 9.10. The molecule has 1 atom stereocenters. The van der Waals surface area contributed by atoms with Gasteiger partial charge in [0.25, 0.3) is 0 Å². The van der Waals surface area contributed by atoms with Crippen LogP contribution in [0.25, 0.3) is 0 Å². The SMILES string of the molecule is NCC1CCCc2c(Br)cc(Cl)cc21. The third kappa shape index (κ3) is 1.83. The van der Waals surface area contributed by atoms with Gasteiger partial charge < -0.3 is 5.73 Å². The van der Waals surface area contributed by atoms with Gasteiger partial charge in [-0.15, -0.1) is 0 Å². The lowest BCUT2D eigenvalue weighted by molar-refractivity contribution is 0.559. The molecule has 0 radical (unpaired) electrons. The lowest BCUT2D eigenvalue weighted by Gasteiger charge is -2.25. The Bertz CT molecular complexity index is 351. The lowest BCUT2D eigenvalue weighted by atomic mass is 9.83. The molecule has 1 aromatic carbocycles. The van der Waals surface area contributed by atoms with Gasteiger partial charge in [-0.05, 0) is 55.0 Å². The maximum absolute atomic E-state index is 6.03. The average Bonchev–Trinajstić information content (AvgIpc) is 2.17. The minimum Gasteiger partial charge on any atom is -0.330 e. The van der Waals surface area contributed by atoms with Gasteiger partial charge >= 0.3 is 0 Å². The van der Waals surface area contributed by atoms with E-state index in [1.54, 1.807) is 0 Å². The van der Waals surface area contributed by atoms with Crippen molar-refractivity contribution in [3.05, 3.63) is 32.8 Å². The van der Waals surface area contributed by atoms with Gasteiger partial charge in [-0.25, -0.2) is 0 Å². The van der Waals surface area contributed by atoms with Crippen LogP contribution in [0.4, 0.5) is 0 Å². The highest BCUT2D eigenvalue weighted by atomic mass is 79.9. The smallest absolute Gasteiger partial charge is 0.0420 e. The van der Waals surface area contributed by atoms with E-state index < -0.39 is 0 Å². The van der Waals surface area contributed by atoms with Gasteiger partial charge in [0.1, 0.15) is 0 Å². The third-order valence-corrected chi connectivity index (χ3v) is 3.82. The topological polar surface area (TPSA) is 26.0 Å². The molecule has 0 aromatic heterocycles. The Labute approximate surface area is 97.8 Å². The molecule has 3 heteroatoms. The molecular formula is C11H13BrClN. The molecule has 0 fully saturated rings. The minimum absolute atomic E-state index is 0.494. The van der Waals surface area contributed by atoms with Gasteiger partial charge in [0.05, 0.1) is 0 Å². The van der Waals surface area contributed by atoms with E-state index in [0.717, 1.165) is 22.5 Å². The number of fused-ring (bicyclic) bond motifs is 1. The second-order valence-corrected chi connectivity index (χ2v) is 5.07. The van der Waals surface area contributed by atoms with Gasteiger partial charge in [0.2, 0.25) is 0 Å². The maximum atomic E-state index is 6.03. The first-order chi connectivity index (χ1) is 6.72. The summed E-state index contributed by atoms with van der Waals surface area (Å²) in [5.41, 5.74) is 8.50. The summed E-state index contributed by atoms with van der Waals surface area (Å²) < 4.78 is 1.14. The summed E-state index contributed by atoms with van der Waals surface area (Å²) in [7, 11) is 0. The average molecular weight is 275 g/mol. The molecule has 1 aliphatic carbocycles. The molecule has 0 heterocycles. The lowest BCUT2D eigenvalue weighted by Crippen LogP contribution is -2.18. The van der Waals surface area contributed by atoms with Crippen molar-refractivity contribution >= 4 is 27.5 Å². The van der Waals surface area contributed by atoms with E-state index in [0.29, 0.717) is 5.92 Å². The quantitative estimate of drug-likeness (QED) is 0.833. The van der Waals surface area contributed by atoms with Crippen LogP contribution in [-0.2, 0) is 6.42 Å². The summed E-state index contributed by atoms with van der Waals surface area (Å²) in [4.78, 5) is 0. The molecule has 1 unspecified atom stereocenters. The van der Waals surface area contributed by atoms with Crippen LogP contribution in [0.2, 0.25) is 5.02 Å². The molecular weight excluding hydrogens is 261 g/mol. The fourth-order valence-corrected chi connectivity index (χ4v) is 3.21. The predicted molar refractivity (Wildman–Crippen MR) is 63.9 cm³/mol. The van der Waals surface area contributed by atoms with Crippen molar-refractivity contribution in [1.29, 1.82) is 0 Å². The summed E-state index contributed by atoms with van der Waals surface area (Å²) in [5, 5.41) is 0.802. The van der Waals surface area contributed by atoms with Crippen molar-refractivity contribution < 1.29 is 0 Å².